The van der Waals surface area contributed by atoms with Crippen LogP contribution < -0.4 is 0 Å². The van der Waals surface area contributed by atoms with E-state index in [1.807, 2.05) is 19.0 Å². The highest BCUT2D eigenvalue weighted by Crippen LogP contribution is 2.16. The smallest absolute Gasteiger partial charge is 0.255 e. The van der Waals surface area contributed by atoms with Crippen molar-refractivity contribution in [1.29, 1.82) is 0 Å². The standard InChI is InChI=1S/C16H21N3O2/c1-18(2)15-6-3-7-19(12-15)16(21)14-9-13(5-4-8-20)10-17-11-14/h9-11,15,20H,3,6-8,12H2,1-2H3. The molecule has 0 radical (unpaired) electrons. The quantitative estimate of drug-likeness (QED) is 0.809. The molecule has 1 N–H and O–H groups in total. The second-order valence-corrected chi connectivity index (χ2v) is 5.43. The van der Waals surface area contributed by atoms with E-state index in [9.17, 15) is 4.79 Å². The van der Waals surface area contributed by atoms with Crippen LogP contribution in [0.25, 0.3) is 0 Å². The lowest BCUT2D eigenvalue weighted by Crippen LogP contribution is -2.47. The Bertz CT molecular complexity index is 560. The molecule has 1 atom stereocenters. The normalized spacial score (nSPS) is 18.3. The Balaban J connectivity index is 2.12. The van der Waals surface area contributed by atoms with E-state index in [-0.39, 0.29) is 12.5 Å². The third kappa shape index (κ3) is 4.03. The van der Waals surface area contributed by atoms with Gasteiger partial charge in [0.1, 0.15) is 6.61 Å². The molecule has 112 valence electrons. The molecule has 5 nitrogen and oxygen atoms in total. The predicted molar refractivity (Wildman–Crippen MR) is 80.8 cm³/mol. The van der Waals surface area contributed by atoms with Crippen molar-refractivity contribution in [3.8, 4) is 11.8 Å². The second kappa shape index (κ2) is 7.21. The number of amides is 1. The molecule has 0 aromatic carbocycles. The van der Waals surface area contributed by atoms with Crippen molar-refractivity contribution >= 4 is 5.91 Å². The van der Waals surface area contributed by atoms with Crippen LogP contribution in [0, 0.1) is 11.8 Å². The average molecular weight is 287 g/mol. The van der Waals surface area contributed by atoms with Gasteiger partial charge in [-0.3, -0.25) is 9.78 Å². The Morgan fingerprint density at radius 1 is 1.52 bits per heavy atom. The van der Waals surface area contributed by atoms with E-state index in [0.29, 0.717) is 17.2 Å². The van der Waals surface area contributed by atoms with Crippen LogP contribution >= 0.6 is 0 Å². The number of aromatic nitrogens is 1. The van der Waals surface area contributed by atoms with Gasteiger partial charge in [-0.2, -0.15) is 0 Å². The first kappa shape index (κ1) is 15.5. The molecule has 1 aliphatic rings. The van der Waals surface area contributed by atoms with Crippen LogP contribution in [0.5, 0.6) is 0 Å². The first-order valence-corrected chi connectivity index (χ1v) is 7.12. The van der Waals surface area contributed by atoms with Crippen molar-refractivity contribution in [2.75, 3.05) is 33.8 Å². The highest BCUT2D eigenvalue weighted by molar-refractivity contribution is 5.94. The number of nitrogens with zero attached hydrogens (tertiary/aromatic N) is 3. The molecular formula is C16H21N3O2. The molecule has 5 heteroatoms. The molecule has 0 spiro atoms. The first-order chi connectivity index (χ1) is 10.1. The maximum atomic E-state index is 12.6. The molecule has 1 amide bonds. The fourth-order valence-electron chi connectivity index (χ4n) is 2.51. The van der Waals surface area contributed by atoms with Crippen LogP contribution in [0.1, 0.15) is 28.8 Å². The summed E-state index contributed by atoms with van der Waals surface area (Å²) in [6.45, 7) is 1.34. The highest BCUT2D eigenvalue weighted by atomic mass is 16.2. The van der Waals surface area contributed by atoms with Crippen LogP contribution in [0.15, 0.2) is 18.5 Å². The number of pyridine rings is 1. The number of carbonyl (C=O) groups is 1. The number of likely N-dealkylation sites (tertiary alicyclic amines) is 1. The van der Waals surface area contributed by atoms with Gasteiger partial charge in [0.2, 0.25) is 0 Å². The van der Waals surface area contributed by atoms with Crippen LogP contribution in [0.2, 0.25) is 0 Å². The topological polar surface area (TPSA) is 56.7 Å². The molecule has 0 bridgehead atoms. The minimum Gasteiger partial charge on any atom is -0.384 e. The molecule has 1 unspecified atom stereocenters. The van der Waals surface area contributed by atoms with Gasteiger partial charge in [-0.1, -0.05) is 11.8 Å². The Morgan fingerprint density at radius 3 is 3.05 bits per heavy atom. The van der Waals surface area contributed by atoms with Gasteiger partial charge in [0, 0.05) is 37.1 Å². The zero-order valence-corrected chi connectivity index (χ0v) is 12.5. The molecule has 0 saturated carbocycles. The van der Waals surface area contributed by atoms with E-state index >= 15 is 0 Å². The number of carbonyl (C=O) groups excluding carboxylic acids is 1. The number of aliphatic hydroxyl groups is 1. The van der Waals surface area contributed by atoms with Crippen LogP contribution in [0.4, 0.5) is 0 Å². The van der Waals surface area contributed by atoms with Crippen molar-refractivity contribution in [2.45, 2.75) is 18.9 Å². The number of likely N-dealkylation sites (N-methyl/N-ethyl adjacent to an activating group) is 1. The zero-order valence-electron chi connectivity index (χ0n) is 12.5. The monoisotopic (exact) mass is 287 g/mol. The summed E-state index contributed by atoms with van der Waals surface area (Å²) in [4.78, 5) is 20.7. The molecule has 21 heavy (non-hydrogen) atoms. The largest absolute Gasteiger partial charge is 0.384 e. The predicted octanol–water partition coefficient (Wildman–Crippen LogP) is 0.592. The summed E-state index contributed by atoms with van der Waals surface area (Å²) in [7, 11) is 4.09. The van der Waals surface area contributed by atoms with E-state index in [1.54, 1.807) is 18.5 Å². The summed E-state index contributed by atoms with van der Waals surface area (Å²) in [6, 6.07) is 2.14. The van der Waals surface area contributed by atoms with E-state index in [2.05, 4.69) is 21.7 Å². The minimum atomic E-state index is -0.200. The lowest BCUT2D eigenvalue weighted by Gasteiger charge is -2.36. The van der Waals surface area contributed by atoms with Gasteiger partial charge >= 0.3 is 0 Å². The third-order valence-corrected chi connectivity index (χ3v) is 3.71. The summed E-state index contributed by atoms with van der Waals surface area (Å²) in [5.41, 5.74) is 1.20. The van der Waals surface area contributed by atoms with Crippen LogP contribution in [0.3, 0.4) is 0 Å². The third-order valence-electron chi connectivity index (χ3n) is 3.71. The second-order valence-electron chi connectivity index (χ2n) is 5.43. The van der Waals surface area contributed by atoms with Crippen LogP contribution in [-0.4, -0.2) is 65.6 Å². The van der Waals surface area contributed by atoms with Gasteiger partial charge in [0.25, 0.3) is 5.91 Å². The van der Waals surface area contributed by atoms with Crippen molar-refractivity contribution in [3.63, 3.8) is 0 Å². The lowest BCUT2D eigenvalue weighted by molar-refractivity contribution is 0.0634. The summed E-state index contributed by atoms with van der Waals surface area (Å²) in [5, 5.41) is 8.72. The molecule has 2 rings (SSSR count). The summed E-state index contributed by atoms with van der Waals surface area (Å²) >= 11 is 0. The first-order valence-electron chi connectivity index (χ1n) is 7.12. The molecule has 1 aromatic rings. The minimum absolute atomic E-state index is 0.00157. The van der Waals surface area contributed by atoms with E-state index in [0.717, 1.165) is 25.9 Å². The average Bonchev–Trinajstić information content (AvgIpc) is 2.52. The Labute approximate surface area is 125 Å². The molecular weight excluding hydrogens is 266 g/mol. The van der Waals surface area contributed by atoms with Crippen molar-refractivity contribution in [3.05, 3.63) is 29.6 Å². The van der Waals surface area contributed by atoms with Crippen molar-refractivity contribution in [1.82, 2.24) is 14.8 Å². The summed E-state index contributed by atoms with van der Waals surface area (Å²) < 4.78 is 0. The SMILES string of the molecule is CN(C)C1CCCN(C(=O)c2cncc(C#CCO)c2)C1. The Hall–Kier alpha value is -1.90. The number of hydrogen-bond donors (Lipinski definition) is 1. The van der Waals surface area contributed by atoms with Gasteiger partial charge < -0.3 is 14.9 Å². The van der Waals surface area contributed by atoms with E-state index in [1.165, 1.54) is 0 Å². The molecule has 1 saturated heterocycles. The maximum absolute atomic E-state index is 12.6. The Morgan fingerprint density at radius 2 is 2.33 bits per heavy atom. The van der Waals surface area contributed by atoms with Gasteiger partial charge in [-0.05, 0) is 33.0 Å². The van der Waals surface area contributed by atoms with Gasteiger partial charge in [-0.15, -0.1) is 0 Å². The van der Waals surface area contributed by atoms with Crippen LogP contribution in [-0.2, 0) is 0 Å². The van der Waals surface area contributed by atoms with E-state index < -0.39 is 0 Å². The van der Waals surface area contributed by atoms with Gasteiger partial charge in [-0.25, -0.2) is 0 Å². The molecule has 1 aromatic heterocycles. The lowest BCUT2D eigenvalue weighted by atomic mass is 10.0. The molecule has 1 fully saturated rings. The number of piperidine rings is 1. The Kier molecular flexibility index (Phi) is 5.32. The highest BCUT2D eigenvalue weighted by Gasteiger charge is 2.25. The van der Waals surface area contributed by atoms with Crippen molar-refractivity contribution < 1.29 is 9.90 Å². The van der Waals surface area contributed by atoms with E-state index in [4.69, 9.17) is 5.11 Å². The van der Waals surface area contributed by atoms with Crippen molar-refractivity contribution in [2.24, 2.45) is 0 Å². The fourth-order valence-corrected chi connectivity index (χ4v) is 2.51. The maximum Gasteiger partial charge on any atom is 0.255 e. The molecule has 2 heterocycles. The number of rotatable bonds is 2. The summed E-state index contributed by atoms with van der Waals surface area (Å²) in [6.07, 6.45) is 5.31. The number of hydrogen-bond acceptors (Lipinski definition) is 4. The summed E-state index contributed by atoms with van der Waals surface area (Å²) in [5.74, 6) is 5.35. The molecule has 0 aliphatic carbocycles. The zero-order chi connectivity index (χ0) is 15.2. The number of aliphatic hydroxyl groups excluding tert-OH is 1. The molecule has 1 aliphatic heterocycles. The fraction of sp³-hybridized carbons (Fsp3) is 0.500. The van der Waals surface area contributed by atoms with Gasteiger partial charge in [0.15, 0.2) is 0 Å². The van der Waals surface area contributed by atoms with Gasteiger partial charge in [0.05, 0.1) is 5.56 Å².